The van der Waals surface area contributed by atoms with E-state index < -0.39 is 0 Å². The minimum Gasteiger partial charge on any atom is -0.495 e. The van der Waals surface area contributed by atoms with Gasteiger partial charge in [-0.1, -0.05) is 60.7 Å². The van der Waals surface area contributed by atoms with Crippen molar-refractivity contribution in [2.24, 2.45) is 0 Å². The zero-order valence-corrected chi connectivity index (χ0v) is 14.9. The largest absolute Gasteiger partial charge is 0.495 e. The third-order valence-corrected chi connectivity index (χ3v) is 4.11. The van der Waals surface area contributed by atoms with Crippen LogP contribution < -0.4 is 10.1 Å². The molecule has 0 radical (unpaired) electrons. The molecule has 0 fully saturated rings. The van der Waals surface area contributed by atoms with E-state index in [1.807, 2.05) is 67.6 Å². The number of ketones is 1. The van der Waals surface area contributed by atoms with Crippen molar-refractivity contribution < 1.29 is 9.53 Å². The highest BCUT2D eigenvalue weighted by molar-refractivity contribution is 6.04. The molecule has 0 saturated heterocycles. The van der Waals surface area contributed by atoms with Gasteiger partial charge in [0.05, 0.1) is 12.8 Å². The molecule has 0 heterocycles. The van der Waals surface area contributed by atoms with Gasteiger partial charge in [-0.05, 0) is 35.7 Å². The van der Waals surface area contributed by atoms with Gasteiger partial charge in [-0.3, -0.25) is 4.79 Å². The molecule has 130 valence electrons. The fourth-order valence-electron chi connectivity index (χ4n) is 2.70. The van der Waals surface area contributed by atoms with Gasteiger partial charge in [0.25, 0.3) is 0 Å². The van der Waals surface area contributed by atoms with Crippen molar-refractivity contribution >= 4 is 11.5 Å². The minimum atomic E-state index is -0.0521. The van der Waals surface area contributed by atoms with Crippen molar-refractivity contribution in [3.8, 4) is 16.9 Å². The summed E-state index contributed by atoms with van der Waals surface area (Å²) in [7, 11) is 1.62. The zero-order valence-electron chi connectivity index (χ0n) is 14.9. The normalized spacial score (nSPS) is 10.7. The molecule has 0 atom stereocenters. The van der Waals surface area contributed by atoms with Crippen molar-refractivity contribution in [2.45, 2.75) is 6.92 Å². The van der Waals surface area contributed by atoms with Gasteiger partial charge in [-0.25, -0.2) is 0 Å². The Kier molecular flexibility index (Phi) is 5.49. The van der Waals surface area contributed by atoms with Gasteiger partial charge in [0, 0.05) is 17.8 Å². The number of rotatable bonds is 6. The minimum absolute atomic E-state index is 0.0521. The first-order chi connectivity index (χ1) is 12.7. The quantitative estimate of drug-likeness (QED) is 0.476. The first-order valence-electron chi connectivity index (χ1n) is 8.45. The van der Waals surface area contributed by atoms with E-state index in [9.17, 15) is 4.79 Å². The number of carbonyl (C=O) groups is 1. The molecular weight excluding hydrogens is 322 g/mol. The lowest BCUT2D eigenvalue weighted by Crippen LogP contribution is -1.98. The molecule has 0 amide bonds. The van der Waals surface area contributed by atoms with Gasteiger partial charge in [0.15, 0.2) is 5.78 Å². The van der Waals surface area contributed by atoms with Gasteiger partial charge in [-0.15, -0.1) is 0 Å². The van der Waals surface area contributed by atoms with Crippen LogP contribution in [0.4, 0.5) is 5.69 Å². The van der Waals surface area contributed by atoms with Gasteiger partial charge in [-0.2, -0.15) is 0 Å². The maximum atomic E-state index is 12.3. The molecule has 0 aliphatic rings. The van der Waals surface area contributed by atoms with Gasteiger partial charge >= 0.3 is 0 Å². The van der Waals surface area contributed by atoms with Crippen molar-refractivity contribution in [3.05, 3.63) is 96.2 Å². The molecule has 3 heteroatoms. The van der Waals surface area contributed by atoms with Crippen LogP contribution in [0.5, 0.6) is 5.75 Å². The summed E-state index contributed by atoms with van der Waals surface area (Å²) >= 11 is 0. The number of allylic oxidation sites excluding steroid dienone is 1. The molecule has 0 spiro atoms. The monoisotopic (exact) mass is 343 g/mol. The lowest BCUT2D eigenvalue weighted by Gasteiger charge is -2.08. The van der Waals surface area contributed by atoms with Crippen LogP contribution in [0, 0.1) is 6.92 Å². The molecule has 0 aromatic heterocycles. The number of benzene rings is 3. The summed E-state index contributed by atoms with van der Waals surface area (Å²) < 4.78 is 5.32. The van der Waals surface area contributed by atoms with Crippen LogP contribution >= 0.6 is 0 Å². The molecule has 3 aromatic rings. The fraction of sp³-hybridized carbons (Fsp3) is 0.0870. The Labute approximate surface area is 154 Å². The highest BCUT2D eigenvalue weighted by atomic mass is 16.5. The van der Waals surface area contributed by atoms with E-state index in [1.54, 1.807) is 13.3 Å². The number of methoxy groups -OCH3 is 1. The second-order valence-corrected chi connectivity index (χ2v) is 5.99. The number of hydrogen-bond acceptors (Lipinski definition) is 3. The molecule has 3 rings (SSSR count). The Morgan fingerprint density at radius 3 is 2.31 bits per heavy atom. The first-order valence-corrected chi connectivity index (χ1v) is 8.45. The molecule has 0 unspecified atom stereocenters. The Balaban J connectivity index is 1.68. The SMILES string of the molecule is COc1ccc(C)cc1N/C=C/C(=O)c1ccc(-c2ccccc2)cc1. The summed E-state index contributed by atoms with van der Waals surface area (Å²) in [5.74, 6) is 0.684. The van der Waals surface area contributed by atoms with Crippen molar-refractivity contribution in [3.63, 3.8) is 0 Å². The number of ether oxygens (including phenoxy) is 1. The third kappa shape index (κ3) is 4.19. The first kappa shape index (κ1) is 17.5. The second-order valence-electron chi connectivity index (χ2n) is 5.99. The predicted octanol–water partition coefficient (Wildman–Crippen LogP) is 5.48. The number of carbonyl (C=O) groups excluding carboxylic acids is 1. The summed E-state index contributed by atoms with van der Waals surface area (Å²) in [6, 6.07) is 23.6. The maximum absolute atomic E-state index is 12.3. The lowest BCUT2D eigenvalue weighted by atomic mass is 10.0. The van der Waals surface area contributed by atoms with Gasteiger partial charge in [0.1, 0.15) is 5.75 Å². The second kappa shape index (κ2) is 8.17. The third-order valence-electron chi connectivity index (χ3n) is 4.11. The average Bonchev–Trinajstić information content (AvgIpc) is 2.69. The molecule has 0 bridgehead atoms. The summed E-state index contributed by atoms with van der Waals surface area (Å²) in [6.45, 7) is 2.01. The molecule has 3 nitrogen and oxygen atoms in total. The lowest BCUT2D eigenvalue weighted by molar-refractivity contribution is 0.104. The molecule has 0 aliphatic carbocycles. The number of aryl methyl sites for hydroxylation is 1. The van der Waals surface area contributed by atoms with Crippen molar-refractivity contribution in [1.82, 2.24) is 0 Å². The van der Waals surface area contributed by atoms with Crippen LogP contribution in [0.1, 0.15) is 15.9 Å². The Hall–Kier alpha value is -3.33. The topological polar surface area (TPSA) is 38.3 Å². The van der Waals surface area contributed by atoms with Crippen molar-refractivity contribution in [2.75, 3.05) is 12.4 Å². The van der Waals surface area contributed by atoms with Crippen LogP contribution in [0.2, 0.25) is 0 Å². The molecule has 0 aliphatic heterocycles. The summed E-state index contributed by atoms with van der Waals surface area (Å²) in [4.78, 5) is 12.3. The van der Waals surface area contributed by atoms with Crippen LogP contribution in [-0.4, -0.2) is 12.9 Å². The van der Waals surface area contributed by atoms with Gasteiger partial charge < -0.3 is 10.1 Å². The van der Waals surface area contributed by atoms with E-state index in [0.717, 1.165) is 28.1 Å². The molecule has 0 saturated carbocycles. The van der Waals surface area contributed by atoms with Crippen LogP contribution in [0.3, 0.4) is 0 Å². The highest BCUT2D eigenvalue weighted by Gasteiger charge is 2.04. The highest BCUT2D eigenvalue weighted by Crippen LogP contribution is 2.25. The smallest absolute Gasteiger partial charge is 0.187 e. The van der Waals surface area contributed by atoms with E-state index in [4.69, 9.17) is 4.74 Å². The Morgan fingerprint density at radius 2 is 1.62 bits per heavy atom. The molecule has 1 N–H and O–H groups in total. The zero-order chi connectivity index (χ0) is 18.4. The Morgan fingerprint density at radius 1 is 0.923 bits per heavy atom. The van der Waals surface area contributed by atoms with Crippen LogP contribution in [-0.2, 0) is 0 Å². The van der Waals surface area contributed by atoms with Crippen LogP contribution in [0.15, 0.2) is 85.1 Å². The van der Waals surface area contributed by atoms with E-state index >= 15 is 0 Å². The summed E-state index contributed by atoms with van der Waals surface area (Å²) in [5, 5.41) is 3.12. The number of anilines is 1. The Bertz CT molecular complexity index is 913. The number of nitrogens with one attached hydrogen (secondary N) is 1. The van der Waals surface area contributed by atoms with E-state index in [2.05, 4.69) is 17.4 Å². The standard InChI is InChI=1S/C23H21NO2/c1-17-8-13-23(26-2)21(16-17)24-15-14-22(25)20-11-9-19(10-12-20)18-6-4-3-5-7-18/h3-16,24H,1-2H3/b15-14+. The maximum Gasteiger partial charge on any atom is 0.187 e. The average molecular weight is 343 g/mol. The summed E-state index contributed by atoms with van der Waals surface area (Å²) in [5.41, 5.74) is 4.82. The molecular formula is C23H21NO2. The summed E-state index contributed by atoms with van der Waals surface area (Å²) in [6.07, 6.45) is 3.17. The van der Waals surface area contributed by atoms with E-state index in [1.165, 1.54) is 6.08 Å². The molecule has 3 aromatic carbocycles. The molecule has 26 heavy (non-hydrogen) atoms. The predicted molar refractivity (Wildman–Crippen MR) is 107 cm³/mol. The van der Waals surface area contributed by atoms with Gasteiger partial charge in [0.2, 0.25) is 0 Å². The van der Waals surface area contributed by atoms with E-state index in [0.29, 0.717) is 5.56 Å². The van der Waals surface area contributed by atoms with E-state index in [-0.39, 0.29) is 5.78 Å². The fourth-order valence-corrected chi connectivity index (χ4v) is 2.70. The van der Waals surface area contributed by atoms with Crippen LogP contribution in [0.25, 0.3) is 11.1 Å². The van der Waals surface area contributed by atoms with Crippen molar-refractivity contribution in [1.29, 1.82) is 0 Å². The number of hydrogen-bond donors (Lipinski definition) is 1.